The minimum atomic E-state index is -1.03. The minimum absolute atomic E-state index is 0.0337. The first kappa shape index (κ1) is 27.4. The summed E-state index contributed by atoms with van der Waals surface area (Å²) in [6.45, 7) is 6.17. The van der Waals surface area contributed by atoms with E-state index in [0.29, 0.717) is 23.6 Å². The van der Waals surface area contributed by atoms with Gasteiger partial charge in [-0.05, 0) is 70.5 Å². The Morgan fingerprint density at radius 1 is 1.11 bits per heavy atom. The van der Waals surface area contributed by atoms with Gasteiger partial charge in [-0.3, -0.25) is 19.4 Å². The lowest BCUT2D eigenvalue weighted by molar-refractivity contribution is -0.145. The second-order valence-corrected chi connectivity index (χ2v) is 11.5. The molecular weight excluding hydrogens is 504 g/mol. The largest absolute Gasteiger partial charge is 0.481 e. The van der Waals surface area contributed by atoms with E-state index in [4.69, 9.17) is 23.2 Å². The third-order valence-electron chi connectivity index (χ3n) is 8.15. The molecule has 0 saturated carbocycles. The lowest BCUT2D eigenvalue weighted by Gasteiger charge is -2.36. The molecule has 6 nitrogen and oxygen atoms in total. The van der Waals surface area contributed by atoms with Crippen molar-refractivity contribution in [3.63, 3.8) is 0 Å². The molecule has 2 fully saturated rings. The highest BCUT2D eigenvalue weighted by molar-refractivity contribution is 6.36. The number of piperidine rings is 1. The third kappa shape index (κ3) is 6.42. The molecule has 198 valence electrons. The SMILES string of the molecule is CC1=C(CN2CCC(NC(=O)[C@@]3(CC(=O)O)CCN(Cc4c(Cl)ccc(F)c4Cl)C3)CC2)CCCC1. The fourth-order valence-electron chi connectivity index (χ4n) is 5.91. The Balaban J connectivity index is 1.36. The van der Waals surface area contributed by atoms with Crippen LogP contribution in [0.15, 0.2) is 23.3 Å². The van der Waals surface area contributed by atoms with Crippen molar-refractivity contribution in [2.75, 3.05) is 32.7 Å². The predicted octanol–water partition coefficient (Wildman–Crippen LogP) is 5.27. The van der Waals surface area contributed by atoms with Gasteiger partial charge in [-0.25, -0.2) is 4.39 Å². The highest BCUT2D eigenvalue weighted by atomic mass is 35.5. The standard InChI is InChI=1S/C27H36Cl2FN3O3/c1-18-4-2-3-5-19(18)15-32-11-8-20(9-12-32)31-26(36)27(14-24(34)35)10-13-33(17-27)16-21-22(28)6-7-23(30)25(21)29/h6-7,20H,2-5,8-17H2,1H3,(H,31,36)(H,34,35)/t27-/m1/s1. The van der Waals surface area contributed by atoms with E-state index in [2.05, 4.69) is 17.1 Å². The fourth-order valence-corrected chi connectivity index (χ4v) is 6.40. The monoisotopic (exact) mass is 539 g/mol. The minimum Gasteiger partial charge on any atom is -0.481 e. The van der Waals surface area contributed by atoms with Crippen LogP contribution in [-0.2, 0) is 16.1 Å². The van der Waals surface area contributed by atoms with Crippen LogP contribution in [0.5, 0.6) is 0 Å². The molecule has 1 aromatic rings. The number of carbonyl (C=O) groups excluding carboxylic acids is 1. The highest BCUT2D eigenvalue weighted by Gasteiger charge is 2.47. The molecule has 9 heteroatoms. The van der Waals surface area contributed by atoms with Gasteiger partial charge < -0.3 is 10.4 Å². The van der Waals surface area contributed by atoms with Gasteiger partial charge in [0, 0.05) is 49.4 Å². The molecule has 1 aliphatic carbocycles. The van der Waals surface area contributed by atoms with Crippen LogP contribution in [0.3, 0.4) is 0 Å². The number of rotatable bonds is 8. The molecule has 2 N–H and O–H groups in total. The third-order valence-corrected chi connectivity index (χ3v) is 8.91. The molecule has 0 spiro atoms. The van der Waals surface area contributed by atoms with E-state index in [1.165, 1.54) is 37.8 Å². The van der Waals surface area contributed by atoms with Crippen LogP contribution in [0.2, 0.25) is 10.0 Å². The van der Waals surface area contributed by atoms with Gasteiger partial charge in [0.1, 0.15) is 5.82 Å². The summed E-state index contributed by atoms with van der Waals surface area (Å²) in [5.41, 5.74) is 2.55. The van der Waals surface area contributed by atoms with Crippen molar-refractivity contribution in [1.82, 2.24) is 15.1 Å². The number of halogens is 3. The summed E-state index contributed by atoms with van der Waals surface area (Å²) in [7, 11) is 0. The molecule has 36 heavy (non-hydrogen) atoms. The summed E-state index contributed by atoms with van der Waals surface area (Å²) in [5, 5.41) is 13.1. The topological polar surface area (TPSA) is 72.9 Å². The van der Waals surface area contributed by atoms with Gasteiger partial charge in [-0.15, -0.1) is 0 Å². The van der Waals surface area contributed by atoms with Gasteiger partial charge in [-0.2, -0.15) is 0 Å². The molecular formula is C27H36Cl2FN3O3. The zero-order valence-corrected chi connectivity index (χ0v) is 22.4. The average molecular weight is 541 g/mol. The molecule has 1 aromatic carbocycles. The first-order valence-electron chi connectivity index (χ1n) is 12.9. The lowest BCUT2D eigenvalue weighted by Crippen LogP contribution is -2.51. The lowest BCUT2D eigenvalue weighted by atomic mass is 9.82. The molecule has 0 bridgehead atoms. The van der Waals surface area contributed by atoms with E-state index >= 15 is 0 Å². The number of allylic oxidation sites excluding steroid dienone is 1. The molecule has 0 radical (unpaired) electrons. The Bertz CT molecular complexity index is 1030. The Kier molecular flexibility index (Phi) is 8.97. The van der Waals surface area contributed by atoms with Crippen LogP contribution < -0.4 is 5.32 Å². The molecule has 1 amide bonds. The summed E-state index contributed by atoms with van der Waals surface area (Å²) >= 11 is 12.4. The van der Waals surface area contributed by atoms with Gasteiger partial charge in [-0.1, -0.05) is 34.3 Å². The number of likely N-dealkylation sites (tertiary alicyclic amines) is 2. The molecule has 0 unspecified atom stereocenters. The van der Waals surface area contributed by atoms with Crippen molar-refractivity contribution in [3.05, 3.63) is 44.7 Å². The van der Waals surface area contributed by atoms with Crippen LogP contribution in [0.4, 0.5) is 4.39 Å². The second kappa shape index (κ2) is 11.8. The maximum absolute atomic E-state index is 14.0. The van der Waals surface area contributed by atoms with Crippen LogP contribution in [0.25, 0.3) is 0 Å². The number of aliphatic carboxylic acids is 1. The summed E-state index contributed by atoms with van der Waals surface area (Å²) in [6, 6.07) is 2.73. The number of nitrogens with zero attached hydrogens (tertiary/aromatic N) is 2. The van der Waals surface area contributed by atoms with Crippen molar-refractivity contribution in [3.8, 4) is 0 Å². The number of carbonyl (C=O) groups is 2. The second-order valence-electron chi connectivity index (χ2n) is 10.7. The number of hydrogen-bond donors (Lipinski definition) is 2. The maximum Gasteiger partial charge on any atom is 0.304 e. The van der Waals surface area contributed by atoms with E-state index in [1.54, 1.807) is 11.1 Å². The molecule has 4 rings (SSSR count). The quantitative estimate of drug-likeness (QED) is 0.347. The van der Waals surface area contributed by atoms with Gasteiger partial charge in [0.15, 0.2) is 0 Å². The average Bonchev–Trinajstić information content (AvgIpc) is 3.25. The Morgan fingerprint density at radius 3 is 2.53 bits per heavy atom. The number of hydrogen-bond acceptors (Lipinski definition) is 4. The number of nitrogens with one attached hydrogen (secondary N) is 1. The summed E-state index contributed by atoms with van der Waals surface area (Å²) in [5.74, 6) is -1.75. The van der Waals surface area contributed by atoms with Crippen molar-refractivity contribution in [1.29, 1.82) is 0 Å². The van der Waals surface area contributed by atoms with Gasteiger partial charge in [0.2, 0.25) is 5.91 Å². The summed E-state index contributed by atoms with van der Waals surface area (Å²) in [6.07, 6.45) is 6.87. The van der Waals surface area contributed by atoms with Crippen molar-refractivity contribution < 1.29 is 19.1 Å². The van der Waals surface area contributed by atoms with Gasteiger partial charge >= 0.3 is 5.97 Å². The predicted molar refractivity (Wildman–Crippen MR) is 140 cm³/mol. The molecule has 0 aromatic heterocycles. The number of amides is 1. The Labute approximate surface area is 222 Å². The Hall–Kier alpha value is -1.67. The number of carboxylic acid groups (broad SMARTS) is 1. The molecule has 2 aliphatic heterocycles. The fraction of sp³-hybridized carbons (Fsp3) is 0.630. The van der Waals surface area contributed by atoms with Crippen LogP contribution >= 0.6 is 23.2 Å². The van der Waals surface area contributed by atoms with Gasteiger partial charge in [0.25, 0.3) is 0 Å². The van der Waals surface area contributed by atoms with E-state index in [9.17, 15) is 19.1 Å². The highest BCUT2D eigenvalue weighted by Crippen LogP contribution is 2.38. The van der Waals surface area contributed by atoms with Crippen LogP contribution in [-0.4, -0.2) is 65.5 Å². The van der Waals surface area contributed by atoms with Crippen LogP contribution in [0.1, 0.15) is 63.9 Å². The van der Waals surface area contributed by atoms with E-state index in [1.807, 2.05) is 4.90 Å². The molecule has 2 saturated heterocycles. The Morgan fingerprint density at radius 2 is 1.83 bits per heavy atom. The van der Waals surface area contributed by atoms with Gasteiger partial charge in [0.05, 0.1) is 16.9 Å². The van der Waals surface area contributed by atoms with Crippen molar-refractivity contribution in [2.45, 2.75) is 70.9 Å². The smallest absolute Gasteiger partial charge is 0.304 e. The van der Waals surface area contributed by atoms with E-state index in [-0.39, 0.29) is 36.5 Å². The first-order chi connectivity index (χ1) is 17.2. The normalized spacial score (nSPS) is 24.3. The maximum atomic E-state index is 14.0. The summed E-state index contributed by atoms with van der Waals surface area (Å²) < 4.78 is 14.0. The van der Waals surface area contributed by atoms with E-state index < -0.39 is 17.2 Å². The van der Waals surface area contributed by atoms with Crippen LogP contribution in [0, 0.1) is 11.2 Å². The first-order valence-corrected chi connectivity index (χ1v) is 13.7. The zero-order valence-electron chi connectivity index (χ0n) is 20.9. The van der Waals surface area contributed by atoms with E-state index in [0.717, 1.165) is 32.5 Å². The number of benzene rings is 1. The number of carboxylic acids is 1. The van der Waals surface area contributed by atoms with Crippen molar-refractivity contribution >= 4 is 35.1 Å². The molecule has 3 aliphatic rings. The summed E-state index contributed by atoms with van der Waals surface area (Å²) in [4.78, 5) is 29.6. The van der Waals surface area contributed by atoms with Crippen molar-refractivity contribution in [2.24, 2.45) is 5.41 Å². The zero-order chi connectivity index (χ0) is 25.9. The molecule has 1 atom stereocenters. The molecule has 2 heterocycles.